The van der Waals surface area contributed by atoms with Crippen LogP contribution in [0.4, 0.5) is 0 Å². The molecule has 0 aliphatic heterocycles. The lowest BCUT2D eigenvalue weighted by molar-refractivity contribution is -0.121. The summed E-state index contributed by atoms with van der Waals surface area (Å²) < 4.78 is 2.50. The van der Waals surface area contributed by atoms with Crippen LogP contribution >= 0.6 is 11.8 Å². The molecule has 130 valence electrons. The van der Waals surface area contributed by atoms with Gasteiger partial charge in [0.25, 0.3) is 0 Å². The van der Waals surface area contributed by atoms with Crippen molar-refractivity contribution < 1.29 is 4.79 Å². The van der Waals surface area contributed by atoms with Gasteiger partial charge in [-0.15, -0.1) is 5.10 Å². The number of hydrogen-bond donors (Lipinski definition) is 1. The number of fused-ring (bicyclic) bond motifs is 1. The Labute approximate surface area is 149 Å². The minimum Gasteiger partial charge on any atom is -0.354 e. The first-order chi connectivity index (χ1) is 12.2. The van der Waals surface area contributed by atoms with Crippen LogP contribution in [0.1, 0.15) is 19.8 Å². The Morgan fingerprint density at radius 3 is 2.84 bits per heavy atom. The summed E-state index contributed by atoms with van der Waals surface area (Å²) in [4.78, 5) is 29.5. The Morgan fingerprint density at radius 1 is 1.28 bits per heavy atom. The number of amides is 1. The van der Waals surface area contributed by atoms with E-state index in [1.807, 2.05) is 30.3 Å². The summed E-state index contributed by atoms with van der Waals surface area (Å²) in [6, 6.07) is 11.6. The van der Waals surface area contributed by atoms with Crippen molar-refractivity contribution in [2.24, 2.45) is 0 Å². The molecule has 0 fully saturated rings. The number of unbranched alkanes of at least 4 members (excludes halogenated alkanes) is 1. The first-order valence-electron chi connectivity index (χ1n) is 8.12. The van der Waals surface area contributed by atoms with Crippen LogP contribution in [0.15, 0.2) is 57.4 Å². The zero-order valence-electron chi connectivity index (χ0n) is 13.9. The molecule has 0 unspecified atom stereocenters. The lowest BCUT2D eigenvalue weighted by Gasteiger charge is -2.02. The van der Waals surface area contributed by atoms with E-state index in [-0.39, 0.29) is 18.1 Å². The fourth-order valence-electron chi connectivity index (χ4n) is 2.27. The maximum atomic E-state index is 12.3. The molecule has 0 atom stereocenters. The van der Waals surface area contributed by atoms with E-state index in [2.05, 4.69) is 22.3 Å². The van der Waals surface area contributed by atoms with Crippen LogP contribution in [0.5, 0.6) is 0 Å². The van der Waals surface area contributed by atoms with Gasteiger partial charge in [0.15, 0.2) is 5.65 Å². The highest BCUT2D eigenvalue weighted by Gasteiger charge is 2.11. The molecular weight excluding hydrogens is 338 g/mol. The smallest absolute Gasteiger partial charge is 0.352 e. The molecule has 0 saturated carbocycles. The quantitative estimate of drug-likeness (QED) is 0.516. The average Bonchev–Trinajstić information content (AvgIpc) is 2.91. The third kappa shape index (κ3) is 4.27. The normalized spacial score (nSPS) is 10.9. The molecule has 0 saturated heterocycles. The second-order valence-electron chi connectivity index (χ2n) is 5.51. The zero-order chi connectivity index (χ0) is 17.6. The molecule has 0 bridgehead atoms. The number of aromatic nitrogens is 4. The van der Waals surface area contributed by atoms with Crippen LogP contribution in [0.3, 0.4) is 0 Å². The lowest BCUT2D eigenvalue weighted by Crippen LogP contribution is -2.33. The second kappa shape index (κ2) is 7.98. The van der Waals surface area contributed by atoms with E-state index in [0.717, 1.165) is 27.4 Å². The maximum Gasteiger partial charge on any atom is 0.352 e. The van der Waals surface area contributed by atoms with Gasteiger partial charge >= 0.3 is 5.69 Å². The van der Waals surface area contributed by atoms with Crippen LogP contribution < -0.4 is 11.0 Å². The summed E-state index contributed by atoms with van der Waals surface area (Å²) in [6.07, 6.45) is 3.36. The molecule has 1 N–H and O–H groups in total. The van der Waals surface area contributed by atoms with E-state index in [1.165, 1.54) is 22.5 Å². The summed E-state index contributed by atoms with van der Waals surface area (Å²) in [6.45, 7) is 2.57. The largest absolute Gasteiger partial charge is 0.354 e. The molecular formula is C17H19N5O2S. The minimum absolute atomic E-state index is 0.0919. The number of carbonyl (C=O) groups excluding carboxylic acids is 1. The number of hydrogen-bond acceptors (Lipinski definition) is 5. The molecule has 0 aliphatic carbocycles. The molecule has 1 amide bonds. The van der Waals surface area contributed by atoms with E-state index in [0.29, 0.717) is 12.2 Å². The molecule has 0 spiro atoms. The minimum atomic E-state index is -0.371. The van der Waals surface area contributed by atoms with Crippen molar-refractivity contribution >= 4 is 23.3 Å². The number of benzene rings is 1. The summed E-state index contributed by atoms with van der Waals surface area (Å²) >= 11 is 1.49. The standard InChI is InChI=1S/C17H19N5O2S/c1-2-3-9-18-15(23)11-22-17(24)21-12-19-16(10-14(21)20-22)25-13-7-5-4-6-8-13/h4-8,10,12H,2-3,9,11H2,1H3,(H,18,23). The van der Waals surface area contributed by atoms with E-state index < -0.39 is 0 Å². The maximum absolute atomic E-state index is 12.3. The summed E-state index contributed by atoms with van der Waals surface area (Å²) in [5.41, 5.74) is 0.101. The van der Waals surface area contributed by atoms with E-state index in [1.54, 1.807) is 6.07 Å². The van der Waals surface area contributed by atoms with Crippen LogP contribution in [-0.2, 0) is 11.3 Å². The van der Waals surface area contributed by atoms with Crippen LogP contribution in [0.25, 0.3) is 5.65 Å². The van der Waals surface area contributed by atoms with Gasteiger partial charge in [0, 0.05) is 17.5 Å². The molecule has 1 aromatic carbocycles. The number of nitrogens with zero attached hydrogens (tertiary/aromatic N) is 4. The molecule has 3 rings (SSSR count). The summed E-state index contributed by atoms with van der Waals surface area (Å²) in [5.74, 6) is -0.217. The highest BCUT2D eigenvalue weighted by atomic mass is 32.2. The molecule has 25 heavy (non-hydrogen) atoms. The number of rotatable bonds is 7. The zero-order valence-corrected chi connectivity index (χ0v) is 14.7. The van der Waals surface area contributed by atoms with Crippen molar-refractivity contribution in [2.45, 2.75) is 36.2 Å². The van der Waals surface area contributed by atoms with E-state index in [4.69, 9.17) is 0 Å². The molecule has 2 heterocycles. The van der Waals surface area contributed by atoms with Crippen molar-refractivity contribution in [3.63, 3.8) is 0 Å². The Kier molecular flexibility index (Phi) is 5.49. The summed E-state index contributed by atoms with van der Waals surface area (Å²) in [7, 11) is 0. The Morgan fingerprint density at radius 2 is 2.08 bits per heavy atom. The third-order valence-corrected chi connectivity index (χ3v) is 4.50. The van der Waals surface area contributed by atoms with Crippen LogP contribution in [0, 0.1) is 0 Å². The van der Waals surface area contributed by atoms with Gasteiger partial charge in [-0.1, -0.05) is 43.3 Å². The topological polar surface area (TPSA) is 81.3 Å². The second-order valence-corrected chi connectivity index (χ2v) is 6.61. The predicted molar refractivity (Wildman–Crippen MR) is 95.7 cm³/mol. The van der Waals surface area contributed by atoms with Gasteiger partial charge in [-0.2, -0.15) is 0 Å². The summed E-state index contributed by atoms with van der Waals surface area (Å²) in [5, 5.41) is 7.75. The van der Waals surface area contributed by atoms with Gasteiger partial charge in [0.1, 0.15) is 17.9 Å². The predicted octanol–water partition coefficient (Wildman–Crippen LogP) is 1.96. The molecule has 8 heteroatoms. The van der Waals surface area contributed by atoms with Crippen LogP contribution in [0.2, 0.25) is 0 Å². The van der Waals surface area contributed by atoms with Gasteiger partial charge in [-0.05, 0) is 18.6 Å². The van der Waals surface area contributed by atoms with Crippen LogP contribution in [-0.4, -0.2) is 31.6 Å². The van der Waals surface area contributed by atoms with Crippen molar-refractivity contribution in [1.82, 2.24) is 24.5 Å². The van der Waals surface area contributed by atoms with Crippen molar-refractivity contribution in [2.75, 3.05) is 6.54 Å². The molecule has 7 nitrogen and oxygen atoms in total. The van der Waals surface area contributed by atoms with E-state index >= 15 is 0 Å². The molecule has 2 aromatic heterocycles. The Balaban J connectivity index is 1.77. The highest BCUT2D eigenvalue weighted by Crippen LogP contribution is 2.25. The monoisotopic (exact) mass is 357 g/mol. The average molecular weight is 357 g/mol. The van der Waals surface area contributed by atoms with Crippen molar-refractivity contribution in [3.05, 3.63) is 53.2 Å². The van der Waals surface area contributed by atoms with Gasteiger partial charge < -0.3 is 5.32 Å². The highest BCUT2D eigenvalue weighted by molar-refractivity contribution is 7.99. The first-order valence-corrected chi connectivity index (χ1v) is 8.94. The van der Waals surface area contributed by atoms with Crippen molar-refractivity contribution in [3.8, 4) is 0 Å². The van der Waals surface area contributed by atoms with Gasteiger partial charge in [0.2, 0.25) is 5.91 Å². The van der Waals surface area contributed by atoms with E-state index in [9.17, 15) is 9.59 Å². The molecule has 0 radical (unpaired) electrons. The van der Waals surface area contributed by atoms with Gasteiger partial charge in [-0.3, -0.25) is 4.79 Å². The fourth-order valence-corrected chi connectivity index (χ4v) is 3.07. The van der Waals surface area contributed by atoms with Crippen molar-refractivity contribution in [1.29, 1.82) is 0 Å². The Bertz CT molecular complexity index is 920. The molecule has 3 aromatic rings. The molecule has 0 aliphatic rings. The van der Waals surface area contributed by atoms with Gasteiger partial charge in [0.05, 0.1) is 0 Å². The lowest BCUT2D eigenvalue weighted by atomic mass is 10.3. The third-order valence-electron chi connectivity index (χ3n) is 3.56. The SMILES string of the molecule is CCCCNC(=O)Cn1nc2cc(Sc3ccccc3)ncn2c1=O. The van der Waals surface area contributed by atoms with Gasteiger partial charge in [-0.25, -0.2) is 18.9 Å². The number of carbonyl (C=O) groups is 1. The number of nitrogens with one attached hydrogen (secondary N) is 1. The first kappa shape index (κ1) is 17.2. The Hall–Kier alpha value is -2.61. The fraction of sp³-hybridized carbons (Fsp3) is 0.294.